The summed E-state index contributed by atoms with van der Waals surface area (Å²) in [4.78, 5) is 25.6. The summed E-state index contributed by atoms with van der Waals surface area (Å²) in [5.74, 6) is 0.458. The molecule has 7 heteroatoms. The van der Waals surface area contributed by atoms with Gasteiger partial charge in [0.15, 0.2) is 0 Å². The number of halogens is 1. The van der Waals surface area contributed by atoms with E-state index in [0.717, 1.165) is 5.56 Å². The number of ether oxygens (including phenoxy) is 2. The SMILES string of the molecule is COc1ccc(NC(=O)CC(NC(=O)c2ccccc2Cl)c2ccccc2)c(OC)c1. The Bertz CT molecular complexity index is 1060. The third-order valence-corrected chi connectivity index (χ3v) is 5.03. The lowest BCUT2D eigenvalue weighted by Crippen LogP contribution is -2.31. The zero-order valence-corrected chi connectivity index (χ0v) is 18.0. The molecule has 3 aromatic carbocycles. The van der Waals surface area contributed by atoms with Gasteiger partial charge in [0.1, 0.15) is 11.5 Å². The molecule has 0 aliphatic rings. The topological polar surface area (TPSA) is 76.7 Å². The van der Waals surface area contributed by atoms with E-state index < -0.39 is 6.04 Å². The molecule has 2 amide bonds. The number of amides is 2. The molecule has 160 valence electrons. The van der Waals surface area contributed by atoms with Crippen molar-refractivity contribution in [2.45, 2.75) is 12.5 Å². The van der Waals surface area contributed by atoms with Crippen LogP contribution in [-0.4, -0.2) is 26.0 Å². The summed E-state index contributed by atoms with van der Waals surface area (Å²) in [6.07, 6.45) is 0.0232. The molecule has 3 aromatic rings. The fraction of sp³-hybridized carbons (Fsp3) is 0.167. The number of hydrogen-bond donors (Lipinski definition) is 2. The van der Waals surface area contributed by atoms with Crippen molar-refractivity contribution in [2.24, 2.45) is 0 Å². The molecule has 0 saturated carbocycles. The number of anilines is 1. The summed E-state index contributed by atoms with van der Waals surface area (Å²) in [6.45, 7) is 0. The van der Waals surface area contributed by atoms with E-state index in [1.165, 1.54) is 7.11 Å². The molecule has 0 heterocycles. The van der Waals surface area contributed by atoms with Crippen LogP contribution < -0.4 is 20.1 Å². The van der Waals surface area contributed by atoms with E-state index in [4.69, 9.17) is 21.1 Å². The van der Waals surface area contributed by atoms with E-state index >= 15 is 0 Å². The second-order valence-electron chi connectivity index (χ2n) is 6.74. The maximum atomic E-state index is 12.8. The highest BCUT2D eigenvalue weighted by molar-refractivity contribution is 6.33. The van der Waals surface area contributed by atoms with Crippen molar-refractivity contribution in [3.8, 4) is 11.5 Å². The van der Waals surface area contributed by atoms with E-state index in [1.54, 1.807) is 49.6 Å². The van der Waals surface area contributed by atoms with Crippen LogP contribution in [0.1, 0.15) is 28.4 Å². The minimum absolute atomic E-state index is 0.0232. The molecule has 0 aliphatic heterocycles. The van der Waals surface area contributed by atoms with E-state index in [-0.39, 0.29) is 18.2 Å². The van der Waals surface area contributed by atoms with Gasteiger partial charge in [-0.3, -0.25) is 9.59 Å². The van der Waals surface area contributed by atoms with Gasteiger partial charge in [0.2, 0.25) is 5.91 Å². The molecule has 2 N–H and O–H groups in total. The van der Waals surface area contributed by atoms with E-state index in [2.05, 4.69) is 10.6 Å². The third kappa shape index (κ3) is 5.77. The molecule has 0 bridgehead atoms. The van der Waals surface area contributed by atoms with Gasteiger partial charge in [0.25, 0.3) is 5.91 Å². The Hall–Kier alpha value is -3.51. The highest BCUT2D eigenvalue weighted by atomic mass is 35.5. The first kappa shape index (κ1) is 22.2. The molecule has 6 nitrogen and oxygen atoms in total. The summed E-state index contributed by atoms with van der Waals surface area (Å²) >= 11 is 6.16. The summed E-state index contributed by atoms with van der Waals surface area (Å²) in [7, 11) is 3.07. The summed E-state index contributed by atoms with van der Waals surface area (Å²) < 4.78 is 10.5. The number of nitrogens with one attached hydrogen (secondary N) is 2. The predicted octanol–water partition coefficient (Wildman–Crippen LogP) is 4.86. The molecule has 1 unspecified atom stereocenters. The van der Waals surface area contributed by atoms with E-state index in [9.17, 15) is 9.59 Å². The number of rotatable bonds is 8. The predicted molar refractivity (Wildman–Crippen MR) is 121 cm³/mol. The summed E-state index contributed by atoms with van der Waals surface area (Å²) in [5, 5.41) is 6.11. The van der Waals surface area contributed by atoms with Gasteiger partial charge in [-0.15, -0.1) is 0 Å². The lowest BCUT2D eigenvalue weighted by Gasteiger charge is -2.20. The maximum absolute atomic E-state index is 12.8. The van der Waals surface area contributed by atoms with Crippen molar-refractivity contribution in [3.63, 3.8) is 0 Å². The van der Waals surface area contributed by atoms with Crippen molar-refractivity contribution in [3.05, 3.63) is 88.9 Å². The smallest absolute Gasteiger partial charge is 0.253 e. The van der Waals surface area contributed by atoms with Gasteiger partial charge in [0, 0.05) is 6.07 Å². The molecular formula is C24H23ClN2O4. The number of methoxy groups -OCH3 is 2. The van der Waals surface area contributed by atoms with Gasteiger partial charge in [-0.2, -0.15) is 0 Å². The van der Waals surface area contributed by atoms with E-state index in [0.29, 0.717) is 27.8 Å². The first-order valence-corrected chi connectivity index (χ1v) is 10.0. The second kappa shape index (κ2) is 10.5. The fourth-order valence-electron chi connectivity index (χ4n) is 3.11. The Morgan fingerprint density at radius 2 is 1.65 bits per heavy atom. The van der Waals surface area contributed by atoms with Crippen molar-refractivity contribution in [1.29, 1.82) is 0 Å². The van der Waals surface area contributed by atoms with Crippen LogP contribution in [0.5, 0.6) is 11.5 Å². The standard InChI is InChI=1S/C24H23ClN2O4/c1-30-17-12-13-20(22(14-17)31-2)26-23(28)15-21(16-8-4-3-5-9-16)27-24(29)18-10-6-7-11-19(18)25/h3-14,21H,15H2,1-2H3,(H,26,28)(H,27,29). The van der Waals surface area contributed by atoms with Crippen molar-refractivity contribution in [1.82, 2.24) is 5.32 Å². The Morgan fingerprint density at radius 3 is 2.32 bits per heavy atom. The second-order valence-corrected chi connectivity index (χ2v) is 7.14. The first-order valence-electron chi connectivity index (χ1n) is 9.64. The minimum Gasteiger partial charge on any atom is -0.497 e. The van der Waals surface area contributed by atoms with Crippen LogP contribution in [0.2, 0.25) is 5.02 Å². The molecule has 1 atom stereocenters. The van der Waals surface area contributed by atoms with Crippen LogP contribution in [-0.2, 0) is 4.79 Å². The quantitative estimate of drug-likeness (QED) is 0.526. The van der Waals surface area contributed by atoms with Gasteiger partial charge in [-0.1, -0.05) is 54.1 Å². The number of hydrogen-bond acceptors (Lipinski definition) is 4. The largest absolute Gasteiger partial charge is 0.497 e. The lowest BCUT2D eigenvalue weighted by atomic mass is 10.0. The fourth-order valence-corrected chi connectivity index (χ4v) is 3.33. The molecule has 0 fully saturated rings. The molecule has 0 radical (unpaired) electrons. The highest BCUT2D eigenvalue weighted by Gasteiger charge is 2.21. The summed E-state index contributed by atoms with van der Waals surface area (Å²) in [6, 6.07) is 20.7. The van der Waals surface area contributed by atoms with Crippen LogP contribution in [0.3, 0.4) is 0 Å². The Labute approximate surface area is 186 Å². The number of carbonyl (C=O) groups excluding carboxylic acids is 2. The van der Waals surface area contributed by atoms with Crippen LogP contribution in [0.15, 0.2) is 72.8 Å². The van der Waals surface area contributed by atoms with Gasteiger partial charge >= 0.3 is 0 Å². The number of benzene rings is 3. The molecule has 3 rings (SSSR count). The van der Waals surface area contributed by atoms with Gasteiger partial charge < -0.3 is 20.1 Å². The van der Waals surface area contributed by atoms with Crippen LogP contribution in [0.25, 0.3) is 0 Å². The molecule has 0 spiro atoms. The Kier molecular flexibility index (Phi) is 7.51. The van der Waals surface area contributed by atoms with Crippen LogP contribution in [0.4, 0.5) is 5.69 Å². The lowest BCUT2D eigenvalue weighted by molar-refractivity contribution is -0.116. The summed E-state index contributed by atoms with van der Waals surface area (Å²) in [5.41, 5.74) is 1.67. The maximum Gasteiger partial charge on any atom is 0.253 e. The average Bonchev–Trinajstić information content (AvgIpc) is 2.79. The Balaban J connectivity index is 1.78. The van der Waals surface area contributed by atoms with Crippen molar-refractivity contribution >= 4 is 29.1 Å². The Morgan fingerprint density at radius 1 is 0.935 bits per heavy atom. The normalized spacial score (nSPS) is 11.3. The van der Waals surface area contributed by atoms with Crippen molar-refractivity contribution < 1.29 is 19.1 Å². The van der Waals surface area contributed by atoms with Crippen LogP contribution in [0, 0.1) is 0 Å². The average molecular weight is 439 g/mol. The third-order valence-electron chi connectivity index (χ3n) is 4.70. The molecule has 31 heavy (non-hydrogen) atoms. The van der Waals surface area contributed by atoms with Gasteiger partial charge in [-0.25, -0.2) is 0 Å². The zero-order chi connectivity index (χ0) is 22.2. The molecule has 0 aromatic heterocycles. The van der Waals surface area contributed by atoms with E-state index in [1.807, 2.05) is 30.3 Å². The molecule has 0 saturated heterocycles. The van der Waals surface area contributed by atoms with Crippen LogP contribution >= 0.6 is 11.6 Å². The minimum atomic E-state index is -0.547. The highest BCUT2D eigenvalue weighted by Crippen LogP contribution is 2.30. The monoisotopic (exact) mass is 438 g/mol. The van der Waals surface area contributed by atoms with Gasteiger partial charge in [0.05, 0.1) is 43.0 Å². The first-order chi connectivity index (χ1) is 15.0. The molecule has 0 aliphatic carbocycles. The van der Waals surface area contributed by atoms with Crippen molar-refractivity contribution in [2.75, 3.05) is 19.5 Å². The van der Waals surface area contributed by atoms with Gasteiger partial charge in [-0.05, 0) is 29.8 Å². The number of carbonyl (C=O) groups is 2. The zero-order valence-electron chi connectivity index (χ0n) is 17.2. The molecular weight excluding hydrogens is 416 g/mol.